The van der Waals surface area contributed by atoms with E-state index < -0.39 is 24.7 Å². The molecule has 0 radical (unpaired) electrons. The molecule has 1 aliphatic heterocycles. The molecule has 3 nitrogen and oxygen atoms in total. The number of rotatable bonds is 7. The number of carbonyl (C=O) groups is 1. The molecule has 0 bridgehead atoms. The molecule has 1 aliphatic rings. The van der Waals surface area contributed by atoms with Crippen LogP contribution in [-0.4, -0.2) is 35.3 Å². The standard InChI is InChI=1S/C29H46O3Si3/c1-12-35(13-2)25-18-21(20-29(6,7)33(8,9)31)14-16-23(25)27(30)24-17-15-22(19-26(24)35)32-34(10,11)28(3,4)5/h14-19,31H,12-13,20H2,1-11H3. The summed E-state index contributed by atoms with van der Waals surface area (Å²) in [4.78, 5) is 24.6. The minimum Gasteiger partial charge on any atom is -0.544 e. The third-order valence-corrected chi connectivity index (χ3v) is 22.4. The van der Waals surface area contributed by atoms with Gasteiger partial charge >= 0.3 is 0 Å². The van der Waals surface area contributed by atoms with Gasteiger partial charge in [0.15, 0.2) is 14.1 Å². The normalized spacial score (nSPS) is 16.1. The Morgan fingerprint density at radius 3 is 1.86 bits per heavy atom. The second-order valence-electron chi connectivity index (χ2n) is 13.2. The Kier molecular flexibility index (Phi) is 7.32. The van der Waals surface area contributed by atoms with E-state index in [-0.39, 0.29) is 15.9 Å². The van der Waals surface area contributed by atoms with Crippen LogP contribution in [0.4, 0.5) is 0 Å². The molecule has 192 valence electrons. The number of hydrogen-bond donors (Lipinski definition) is 1. The van der Waals surface area contributed by atoms with Crippen LogP contribution in [0, 0.1) is 0 Å². The molecule has 1 heterocycles. The predicted molar refractivity (Wildman–Crippen MR) is 158 cm³/mol. The third kappa shape index (κ3) is 4.91. The molecule has 0 aliphatic carbocycles. The van der Waals surface area contributed by atoms with Crippen LogP contribution in [-0.2, 0) is 6.42 Å². The topological polar surface area (TPSA) is 46.5 Å². The van der Waals surface area contributed by atoms with Gasteiger partial charge in [-0.2, -0.15) is 0 Å². The Bertz CT molecular complexity index is 1030. The number of ketones is 1. The van der Waals surface area contributed by atoms with E-state index in [2.05, 4.69) is 85.8 Å². The number of benzene rings is 2. The van der Waals surface area contributed by atoms with Gasteiger partial charge in [-0.05, 0) is 76.8 Å². The fourth-order valence-electron chi connectivity index (χ4n) is 4.95. The Morgan fingerprint density at radius 1 is 0.857 bits per heavy atom. The van der Waals surface area contributed by atoms with Crippen LogP contribution in [0.1, 0.15) is 70.0 Å². The van der Waals surface area contributed by atoms with Crippen LogP contribution in [0.15, 0.2) is 36.4 Å². The molecule has 2 aromatic carbocycles. The van der Waals surface area contributed by atoms with Crippen molar-refractivity contribution in [2.45, 2.75) is 103 Å². The van der Waals surface area contributed by atoms with Gasteiger partial charge in [0, 0.05) is 11.1 Å². The zero-order chi connectivity index (χ0) is 26.6. The SMILES string of the molecule is CC[Si]1(CC)c2cc(CC(C)(C)[Si](C)(C)O)ccc2C(=O)c2ccc(O[Si](C)(C)C(C)(C)C)cc21. The van der Waals surface area contributed by atoms with Crippen LogP contribution in [0.2, 0.25) is 48.4 Å². The summed E-state index contributed by atoms with van der Waals surface area (Å²) in [5.41, 5.74) is 2.98. The monoisotopic (exact) mass is 526 g/mol. The van der Waals surface area contributed by atoms with E-state index in [4.69, 9.17) is 4.43 Å². The average molecular weight is 527 g/mol. The first kappa shape index (κ1) is 28.1. The summed E-state index contributed by atoms with van der Waals surface area (Å²) in [6, 6.07) is 14.8. The summed E-state index contributed by atoms with van der Waals surface area (Å²) in [7, 11) is -6.49. The van der Waals surface area contributed by atoms with Crippen molar-refractivity contribution in [3.05, 3.63) is 53.1 Å². The van der Waals surface area contributed by atoms with E-state index >= 15 is 0 Å². The van der Waals surface area contributed by atoms with Crippen molar-refractivity contribution in [1.82, 2.24) is 0 Å². The molecule has 0 unspecified atom stereocenters. The van der Waals surface area contributed by atoms with Gasteiger partial charge in [-0.1, -0.05) is 78.8 Å². The van der Waals surface area contributed by atoms with Gasteiger partial charge in [-0.3, -0.25) is 4.79 Å². The van der Waals surface area contributed by atoms with Gasteiger partial charge in [0.2, 0.25) is 8.32 Å². The van der Waals surface area contributed by atoms with E-state index in [1.807, 2.05) is 25.2 Å². The minimum atomic E-state index is -2.34. The van der Waals surface area contributed by atoms with Crippen molar-refractivity contribution in [1.29, 1.82) is 0 Å². The van der Waals surface area contributed by atoms with Crippen molar-refractivity contribution < 1.29 is 14.0 Å². The zero-order valence-corrected chi connectivity index (χ0v) is 26.8. The average Bonchev–Trinajstić information content (AvgIpc) is 2.72. The molecule has 0 saturated carbocycles. The van der Waals surface area contributed by atoms with E-state index in [1.54, 1.807) is 0 Å². The van der Waals surface area contributed by atoms with Gasteiger partial charge in [0.05, 0.1) is 0 Å². The van der Waals surface area contributed by atoms with Gasteiger partial charge in [0.1, 0.15) is 13.8 Å². The lowest BCUT2D eigenvalue weighted by Crippen LogP contribution is -2.63. The highest BCUT2D eigenvalue weighted by Crippen LogP contribution is 2.40. The molecular formula is C29H46O3Si3. The van der Waals surface area contributed by atoms with Gasteiger partial charge in [0.25, 0.3) is 0 Å². The smallest absolute Gasteiger partial charge is 0.250 e. The molecular weight excluding hydrogens is 481 g/mol. The molecule has 3 rings (SSSR count). The van der Waals surface area contributed by atoms with E-state index in [0.717, 1.165) is 35.4 Å². The van der Waals surface area contributed by atoms with Gasteiger partial charge in [-0.15, -0.1) is 0 Å². The summed E-state index contributed by atoms with van der Waals surface area (Å²) < 4.78 is 6.69. The molecule has 0 amide bonds. The van der Waals surface area contributed by atoms with Crippen molar-refractivity contribution in [2.75, 3.05) is 0 Å². The zero-order valence-electron chi connectivity index (χ0n) is 23.8. The molecule has 6 heteroatoms. The highest BCUT2D eigenvalue weighted by Gasteiger charge is 2.45. The van der Waals surface area contributed by atoms with Crippen LogP contribution in [0.5, 0.6) is 5.75 Å². The van der Waals surface area contributed by atoms with Crippen molar-refractivity contribution >= 4 is 40.9 Å². The second kappa shape index (κ2) is 9.12. The van der Waals surface area contributed by atoms with E-state index in [9.17, 15) is 9.59 Å². The Morgan fingerprint density at radius 2 is 1.37 bits per heavy atom. The molecule has 0 spiro atoms. The third-order valence-electron chi connectivity index (χ3n) is 9.28. The maximum atomic E-state index is 13.7. The quantitative estimate of drug-likeness (QED) is 0.407. The lowest BCUT2D eigenvalue weighted by atomic mass is 9.97. The Hall–Kier alpha value is -1.48. The second-order valence-corrected chi connectivity index (χ2v) is 27.0. The maximum absolute atomic E-state index is 13.7. The minimum absolute atomic E-state index is 0.112. The number of carbonyl (C=O) groups excluding carboxylic acids is 1. The highest BCUT2D eigenvalue weighted by atomic mass is 28.4. The first-order valence-corrected chi connectivity index (χ1v) is 21.4. The van der Waals surface area contributed by atoms with Gasteiger partial charge < -0.3 is 9.22 Å². The molecule has 0 atom stereocenters. The molecule has 0 aromatic heterocycles. The first-order chi connectivity index (χ1) is 15.9. The van der Waals surface area contributed by atoms with Crippen LogP contribution in [0.25, 0.3) is 0 Å². The van der Waals surface area contributed by atoms with E-state index in [1.165, 1.54) is 15.9 Å². The number of hydrogen-bond acceptors (Lipinski definition) is 3. The van der Waals surface area contributed by atoms with Crippen molar-refractivity contribution in [3.8, 4) is 5.75 Å². The Balaban J connectivity index is 2.16. The van der Waals surface area contributed by atoms with Crippen LogP contribution >= 0.6 is 0 Å². The van der Waals surface area contributed by atoms with Crippen LogP contribution in [0.3, 0.4) is 0 Å². The fraction of sp³-hybridized carbons (Fsp3) is 0.552. The number of fused-ring (bicyclic) bond motifs is 2. The lowest BCUT2D eigenvalue weighted by Gasteiger charge is -2.40. The molecule has 2 aromatic rings. The van der Waals surface area contributed by atoms with Crippen LogP contribution < -0.4 is 14.8 Å². The van der Waals surface area contributed by atoms with Crippen molar-refractivity contribution in [3.63, 3.8) is 0 Å². The predicted octanol–water partition coefficient (Wildman–Crippen LogP) is 6.74. The molecule has 0 fully saturated rings. The lowest BCUT2D eigenvalue weighted by molar-refractivity contribution is 0.104. The molecule has 0 saturated heterocycles. The van der Waals surface area contributed by atoms with Gasteiger partial charge in [-0.25, -0.2) is 0 Å². The summed E-state index contributed by atoms with van der Waals surface area (Å²) in [6.07, 6.45) is 0.823. The maximum Gasteiger partial charge on any atom is 0.250 e. The molecule has 35 heavy (non-hydrogen) atoms. The largest absolute Gasteiger partial charge is 0.544 e. The summed E-state index contributed by atoms with van der Waals surface area (Å²) in [5.74, 6) is 1.05. The van der Waals surface area contributed by atoms with E-state index in [0.29, 0.717) is 0 Å². The summed E-state index contributed by atoms with van der Waals surface area (Å²) >= 11 is 0. The molecule has 1 N–H and O–H groups in total. The summed E-state index contributed by atoms with van der Waals surface area (Å²) in [5, 5.41) is 2.48. The first-order valence-electron chi connectivity index (χ1n) is 13.1. The summed E-state index contributed by atoms with van der Waals surface area (Å²) in [6.45, 7) is 24.3. The highest BCUT2D eigenvalue weighted by molar-refractivity contribution is 7.04. The Labute approximate surface area is 216 Å². The van der Waals surface area contributed by atoms with Crippen molar-refractivity contribution in [2.24, 2.45) is 0 Å². The fourth-order valence-corrected chi connectivity index (χ4v) is 11.2.